The molecule has 6 aliphatic rings. The zero-order chi connectivity index (χ0) is 38.6. The van der Waals surface area contributed by atoms with Gasteiger partial charge in [-0.2, -0.15) is 0 Å². The van der Waals surface area contributed by atoms with E-state index in [1.54, 1.807) is 5.57 Å². The molecule has 2 aliphatic heterocycles. The van der Waals surface area contributed by atoms with E-state index >= 15 is 0 Å². The van der Waals surface area contributed by atoms with Gasteiger partial charge < -0.3 is 34.3 Å². The van der Waals surface area contributed by atoms with Crippen molar-refractivity contribution in [2.75, 3.05) is 39.6 Å². The van der Waals surface area contributed by atoms with Crippen LogP contribution < -0.4 is 0 Å². The lowest BCUT2D eigenvalue weighted by Gasteiger charge is -2.43. The minimum absolute atomic E-state index is 0.125. The molecule has 4 aliphatic carbocycles. The Labute approximate surface area is 332 Å². The molecule has 5 fully saturated rings. The Kier molecular flexibility index (Phi) is 15.9. The largest absolute Gasteiger partial charge is 0.394 e. The van der Waals surface area contributed by atoms with Crippen LogP contribution in [0.1, 0.15) is 145 Å². The molecule has 0 bridgehead atoms. The summed E-state index contributed by atoms with van der Waals surface area (Å²) >= 11 is 0. The molecule has 0 amide bonds. The molecule has 2 spiro atoms. The molecule has 3 saturated carbocycles. The van der Waals surface area contributed by atoms with Gasteiger partial charge in [0.25, 0.3) is 0 Å². The Morgan fingerprint density at radius 2 is 0.964 bits per heavy atom. The monoisotopic (exact) mass is 761 g/mol. The van der Waals surface area contributed by atoms with Gasteiger partial charge in [0.05, 0.1) is 45.2 Å². The van der Waals surface area contributed by atoms with Crippen molar-refractivity contribution in [1.82, 2.24) is 0 Å². The first-order valence-corrected chi connectivity index (χ1v) is 22.2. The summed E-state index contributed by atoms with van der Waals surface area (Å²) in [4.78, 5) is 0. The fourth-order valence-corrected chi connectivity index (χ4v) is 10.5. The van der Waals surface area contributed by atoms with Gasteiger partial charge in [-0.15, -0.1) is 0 Å². The van der Waals surface area contributed by atoms with E-state index in [2.05, 4.69) is 68.5 Å². The molecule has 7 heteroatoms. The summed E-state index contributed by atoms with van der Waals surface area (Å²) in [5, 5.41) is 26.5. The smallest absolute Gasteiger partial charge is 0.168 e. The Bertz CT molecular complexity index is 1410. The lowest BCUT2D eigenvalue weighted by Crippen LogP contribution is -2.39. The van der Waals surface area contributed by atoms with Crippen molar-refractivity contribution >= 4 is 5.57 Å². The van der Waals surface area contributed by atoms with Gasteiger partial charge in [-0.1, -0.05) is 81.3 Å². The first-order chi connectivity index (χ1) is 26.8. The maximum atomic E-state index is 11.2. The second-order valence-electron chi connectivity index (χ2n) is 17.4. The van der Waals surface area contributed by atoms with Crippen molar-refractivity contribution in [2.45, 2.75) is 153 Å². The molecule has 55 heavy (non-hydrogen) atoms. The molecule has 8 rings (SSSR count). The van der Waals surface area contributed by atoms with Crippen molar-refractivity contribution in [2.24, 2.45) is 23.7 Å². The average Bonchev–Trinajstić information content (AvgIpc) is 3.90. The highest BCUT2D eigenvalue weighted by Crippen LogP contribution is 2.48. The molecule has 3 N–H and O–H groups in total. The molecule has 1 unspecified atom stereocenters. The third kappa shape index (κ3) is 11.3. The topological polar surface area (TPSA) is 97.6 Å². The summed E-state index contributed by atoms with van der Waals surface area (Å²) in [6, 6.07) is 18.0. The molecule has 1 atom stereocenters. The van der Waals surface area contributed by atoms with Gasteiger partial charge in [-0.05, 0) is 135 Å². The van der Waals surface area contributed by atoms with E-state index in [1.165, 1.54) is 80.9 Å². The summed E-state index contributed by atoms with van der Waals surface area (Å²) in [7, 11) is 0. The van der Waals surface area contributed by atoms with Crippen molar-refractivity contribution in [3.63, 3.8) is 0 Å². The average molecular weight is 761 g/mol. The highest BCUT2D eigenvalue weighted by molar-refractivity contribution is 5.66. The minimum Gasteiger partial charge on any atom is -0.394 e. The molecular weight excluding hydrogens is 689 g/mol. The number of aryl methyl sites for hydroxylation is 2. The van der Waals surface area contributed by atoms with Gasteiger partial charge in [0, 0.05) is 25.7 Å². The van der Waals surface area contributed by atoms with Crippen molar-refractivity contribution in [3.8, 4) is 0 Å². The Morgan fingerprint density at radius 1 is 0.545 bits per heavy atom. The number of rotatable bonds is 9. The molecule has 0 aromatic heterocycles. The Hall–Kier alpha value is -2.10. The predicted octanol–water partition coefficient (Wildman–Crippen LogP) is 9.68. The normalized spacial score (nSPS) is 28.9. The van der Waals surface area contributed by atoms with E-state index in [0.29, 0.717) is 0 Å². The number of aliphatic hydroxyl groups excluding tert-OH is 2. The van der Waals surface area contributed by atoms with Crippen LogP contribution in [0, 0.1) is 23.7 Å². The molecule has 2 aromatic rings. The van der Waals surface area contributed by atoms with Crippen molar-refractivity contribution in [1.29, 1.82) is 0 Å². The van der Waals surface area contributed by atoms with Gasteiger partial charge in [0.1, 0.15) is 0 Å². The standard InChI is InChI=1S/C23H34O3.C23H32O2.C2H6O2/c1-2-3-18-4-6-21(7-5-18)22(24)12-8-19(9-13-22)20-10-14-23(15-11-20)25-16-17-26-23;1-2-3-18-4-6-19(7-5-18)20-8-10-21(11-9-20)22-12-14-23(15-13-22)24-16-17-25-23;3-1-2-4/h4-7,19-20,24H,2-3,8-17H2,1H3;4-8,21-22H,2-3,9-17H2,1H3;3-4H,1-2H2. The van der Waals surface area contributed by atoms with Crippen LogP contribution in [-0.4, -0.2) is 66.5 Å². The van der Waals surface area contributed by atoms with E-state index in [9.17, 15) is 5.11 Å². The first-order valence-electron chi connectivity index (χ1n) is 22.2. The van der Waals surface area contributed by atoms with Gasteiger partial charge in [-0.3, -0.25) is 0 Å². The zero-order valence-corrected chi connectivity index (χ0v) is 34.2. The van der Waals surface area contributed by atoms with E-state index in [4.69, 9.17) is 29.2 Å². The zero-order valence-electron chi connectivity index (χ0n) is 34.2. The van der Waals surface area contributed by atoms with Crippen LogP contribution in [0.4, 0.5) is 0 Å². The third-order valence-corrected chi connectivity index (χ3v) is 13.8. The molecule has 7 nitrogen and oxygen atoms in total. The SMILES string of the molecule is CCCc1ccc(C2(O)CCC(C3CCC4(CC3)OCCO4)CC2)cc1.CCCc1ccc(C2=CCC(C3CCC4(CC3)OCCO4)CC2)cc1.OCCO. The summed E-state index contributed by atoms with van der Waals surface area (Å²) in [5.41, 5.74) is 6.34. The van der Waals surface area contributed by atoms with Crippen LogP contribution in [0.3, 0.4) is 0 Å². The van der Waals surface area contributed by atoms with Crippen LogP contribution in [0.5, 0.6) is 0 Å². The maximum absolute atomic E-state index is 11.2. The second kappa shape index (κ2) is 20.5. The summed E-state index contributed by atoms with van der Waals surface area (Å²) < 4.78 is 23.5. The number of aliphatic hydroxyl groups is 3. The third-order valence-electron chi connectivity index (χ3n) is 13.8. The number of hydrogen-bond acceptors (Lipinski definition) is 7. The molecular formula is C48H72O7. The second-order valence-corrected chi connectivity index (χ2v) is 17.4. The van der Waals surface area contributed by atoms with Crippen LogP contribution >= 0.6 is 0 Å². The molecule has 2 saturated heterocycles. The fraction of sp³-hybridized carbons (Fsp3) is 0.708. The summed E-state index contributed by atoms with van der Waals surface area (Å²) in [5.74, 6) is 2.82. The Morgan fingerprint density at radius 3 is 1.36 bits per heavy atom. The van der Waals surface area contributed by atoms with Crippen LogP contribution in [0.15, 0.2) is 54.6 Å². The van der Waals surface area contributed by atoms with Crippen LogP contribution in [0.25, 0.3) is 5.57 Å². The van der Waals surface area contributed by atoms with E-state index in [1.807, 2.05) is 0 Å². The van der Waals surface area contributed by atoms with Gasteiger partial charge in [0.2, 0.25) is 0 Å². The molecule has 0 radical (unpaired) electrons. The number of ether oxygens (including phenoxy) is 4. The first kappa shape index (κ1) is 42.5. The van der Waals surface area contributed by atoms with E-state index in [0.717, 1.165) is 113 Å². The number of allylic oxidation sites excluding steroid dienone is 2. The predicted molar refractivity (Wildman–Crippen MR) is 219 cm³/mol. The van der Waals surface area contributed by atoms with Gasteiger partial charge in [0.15, 0.2) is 11.6 Å². The van der Waals surface area contributed by atoms with Gasteiger partial charge >= 0.3 is 0 Å². The number of hydrogen-bond donors (Lipinski definition) is 3. The maximum Gasteiger partial charge on any atom is 0.168 e. The highest BCUT2D eigenvalue weighted by atomic mass is 16.7. The van der Waals surface area contributed by atoms with Crippen LogP contribution in [0.2, 0.25) is 0 Å². The lowest BCUT2D eigenvalue weighted by molar-refractivity contribution is -0.186. The minimum atomic E-state index is -0.616. The van der Waals surface area contributed by atoms with Gasteiger partial charge in [-0.25, -0.2) is 0 Å². The summed E-state index contributed by atoms with van der Waals surface area (Å²) in [6.45, 7) is 7.31. The lowest BCUT2D eigenvalue weighted by atomic mass is 9.67. The Balaban J connectivity index is 0.000000171. The molecule has 306 valence electrons. The molecule has 2 aromatic carbocycles. The highest BCUT2D eigenvalue weighted by Gasteiger charge is 2.44. The summed E-state index contributed by atoms with van der Waals surface area (Å²) in [6.07, 6.45) is 24.5. The quantitative estimate of drug-likeness (QED) is 0.234. The van der Waals surface area contributed by atoms with E-state index < -0.39 is 5.60 Å². The van der Waals surface area contributed by atoms with Crippen molar-refractivity contribution < 1.29 is 34.3 Å². The number of benzene rings is 2. The van der Waals surface area contributed by atoms with Crippen LogP contribution in [-0.2, 0) is 37.4 Å². The van der Waals surface area contributed by atoms with Crippen molar-refractivity contribution in [3.05, 3.63) is 76.9 Å². The molecule has 2 heterocycles. The fourth-order valence-electron chi connectivity index (χ4n) is 10.5. The van der Waals surface area contributed by atoms with E-state index in [-0.39, 0.29) is 24.8 Å².